The van der Waals surface area contributed by atoms with Crippen LogP contribution in [0.2, 0.25) is 0 Å². The van der Waals surface area contributed by atoms with Gasteiger partial charge in [0.1, 0.15) is 0 Å². The van der Waals surface area contributed by atoms with E-state index in [9.17, 15) is 14.9 Å². The fourth-order valence-electron chi connectivity index (χ4n) is 1.27. The van der Waals surface area contributed by atoms with Gasteiger partial charge in [-0.25, -0.2) is 0 Å². The monoisotopic (exact) mass is 241 g/mol. The maximum atomic E-state index is 11.7. The first-order valence-electron chi connectivity index (χ1n) is 4.98. The molecule has 1 unspecified atom stereocenters. The Morgan fingerprint density at radius 3 is 2.47 bits per heavy atom. The topological polar surface area (TPSA) is 114 Å². The summed E-state index contributed by atoms with van der Waals surface area (Å²) in [5, 5.41) is 10.9. The number of likely N-dealkylation sites (N-methyl/N-ethyl adjacent to an activating group) is 1. The molecule has 1 atom stereocenters. The predicted octanol–water partition coefficient (Wildman–Crippen LogP) is -0.385. The zero-order valence-corrected chi connectivity index (χ0v) is 10.2. The van der Waals surface area contributed by atoms with Gasteiger partial charge in [-0.05, 0) is 20.8 Å². The summed E-state index contributed by atoms with van der Waals surface area (Å²) in [6, 6.07) is -1.58. The number of carbonyl (C=O) groups is 1. The Bertz CT molecular complexity index is 421. The minimum Gasteiger partial charge on any atom is -0.369 e. The Balaban J connectivity index is 3.30. The second kappa shape index (κ2) is 4.11. The van der Waals surface area contributed by atoms with E-state index in [0.717, 1.165) is 4.90 Å². The van der Waals surface area contributed by atoms with E-state index in [0.29, 0.717) is 0 Å². The van der Waals surface area contributed by atoms with Gasteiger partial charge in [0.15, 0.2) is 0 Å². The Morgan fingerprint density at radius 2 is 2.06 bits per heavy atom. The van der Waals surface area contributed by atoms with E-state index in [-0.39, 0.29) is 11.8 Å². The summed E-state index contributed by atoms with van der Waals surface area (Å²) < 4.78 is 0. The molecule has 0 aromatic rings. The Hall–Kier alpha value is -1.99. The van der Waals surface area contributed by atoms with Crippen LogP contribution in [0.25, 0.3) is 0 Å². The van der Waals surface area contributed by atoms with Crippen LogP contribution in [0.1, 0.15) is 20.8 Å². The van der Waals surface area contributed by atoms with E-state index >= 15 is 0 Å². The molecule has 0 aromatic heterocycles. The Labute approximate surface area is 98.4 Å². The molecule has 0 aliphatic carbocycles. The molecule has 1 heterocycles. The standard InChI is InChI=1S/C9H15N5O3/c1-9(2,3)12-6-5(14(16)17)7(15)13(4)8(10)11-6/h5H,1-4H3,(H2,10,11,12). The molecule has 1 rings (SSSR count). The van der Waals surface area contributed by atoms with Crippen LogP contribution in [0.5, 0.6) is 0 Å². The first-order chi connectivity index (χ1) is 7.63. The number of guanidine groups is 1. The van der Waals surface area contributed by atoms with E-state index in [4.69, 9.17) is 5.73 Å². The fraction of sp³-hybridized carbons (Fsp3) is 0.667. The van der Waals surface area contributed by atoms with Gasteiger partial charge in [-0.3, -0.25) is 24.8 Å². The molecule has 94 valence electrons. The number of rotatable bonds is 1. The van der Waals surface area contributed by atoms with Crippen molar-refractivity contribution in [2.45, 2.75) is 32.4 Å². The maximum Gasteiger partial charge on any atom is 0.348 e. The van der Waals surface area contributed by atoms with E-state index in [1.165, 1.54) is 7.05 Å². The number of carbonyl (C=O) groups excluding carboxylic acids is 1. The number of nitrogens with two attached hydrogens (primary N) is 1. The van der Waals surface area contributed by atoms with Crippen molar-refractivity contribution >= 4 is 17.7 Å². The molecular formula is C9H15N5O3. The average molecular weight is 241 g/mol. The number of amidine groups is 1. The maximum absolute atomic E-state index is 11.7. The van der Waals surface area contributed by atoms with E-state index in [1.807, 2.05) is 0 Å². The summed E-state index contributed by atoms with van der Waals surface area (Å²) in [5.74, 6) is -0.968. The molecule has 0 bridgehead atoms. The lowest BCUT2D eigenvalue weighted by molar-refractivity contribution is -0.490. The Kier molecular flexibility index (Phi) is 3.16. The highest BCUT2D eigenvalue weighted by atomic mass is 16.6. The lowest BCUT2D eigenvalue weighted by atomic mass is 10.1. The summed E-state index contributed by atoms with van der Waals surface area (Å²) in [6.45, 7) is 5.27. The number of amides is 1. The van der Waals surface area contributed by atoms with Crippen LogP contribution in [0.15, 0.2) is 9.98 Å². The molecule has 1 aliphatic rings. The molecule has 1 aliphatic heterocycles. The molecule has 0 saturated carbocycles. The van der Waals surface area contributed by atoms with Crippen LogP contribution >= 0.6 is 0 Å². The molecule has 0 spiro atoms. The van der Waals surface area contributed by atoms with Gasteiger partial charge in [-0.2, -0.15) is 4.99 Å². The van der Waals surface area contributed by atoms with Crippen molar-refractivity contribution in [3.8, 4) is 0 Å². The van der Waals surface area contributed by atoms with Crippen molar-refractivity contribution in [2.75, 3.05) is 7.05 Å². The van der Waals surface area contributed by atoms with Gasteiger partial charge < -0.3 is 5.73 Å². The van der Waals surface area contributed by atoms with Crippen LogP contribution in [0.3, 0.4) is 0 Å². The van der Waals surface area contributed by atoms with Crippen molar-refractivity contribution in [2.24, 2.45) is 15.7 Å². The molecule has 0 radical (unpaired) electrons. The molecule has 8 nitrogen and oxygen atoms in total. The number of hydrogen-bond donors (Lipinski definition) is 1. The molecule has 0 fully saturated rings. The van der Waals surface area contributed by atoms with Gasteiger partial charge in [0.2, 0.25) is 11.8 Å². The summed E-state index contributed by atoms with van der Waals surface area (Å²) in [7, 11) is 1.34. The van der Waals surface area contributed by atoms with Crippen LogP contribution in [-0.2, 0) is 4.79 Å². The molecule has 0 saturated heterocycles. The van der Waals surface area contributed by atoms with E-state index in [1.54, 1.807) is 20.8 Å². The van der Waals surface area contributed by atoms with Crippen molar-refractivity contribution in [3.63, 3.8) is 0 Å². The molecule has 2 N–H and O–H groups in total. The first-order valence-corrected chi connectivity index (χ1v) is 4.98. The zero-order chi connectivity index (χ0) is 13.4. The second-order valence-corrected chi connectivity index (χ2v) is 4.70. The predicted molar refractivity (Wildman–Crippen MR) is 62.4 cm³/mol. The largest absolute Gasteiger partial charge is 0.369 e. The normalized spacial score (nSPS) is 23.9. The quantitative estimate of drug-likeness (QED) is 0.497. The summed E-state index contributed by atoms with van der Waals surface area (Å²) in [6.07, 6.45) is 0. The van der Waals surface area contributed by atoms with Crippen molar-refractivity contribution < 1.29 is 9.72 Å². The van der Waals surface area contributed by atoms with Crippen LogP contribution < -0.4 is 5.73 Å². The highest BCUT2D eigenvalue weighted by molar-refractivity contribution is 6.18. The van der Waals surface area contributed by atoms with Crippen molar-refractivity contribution in [1.82, 2.24) is 4.90 Å². The van der Waals surface area contributed by atoms with Crippen molar-refractivity contribution in [1.29, 1.82) is 0 Å². The number of hydrogen-bond acceptors (Lipinski definition) is 5. The van der Waals surface area contributed by atoms with E-state index in [2.05, 4.69) is 9.98 Å². The van der Waals surface area contributed by atoms with Crippen LogP contribution in [0, 0.1) is 10.1 Å². The highest BCUT2D eigenvalue weighted by Gasteiger charge is 2.43. The number of nitro groups is 1. The molecular weight excluding hydrogens is 226 g/mol. The molecule has 8 heteroatoms. The fourth-order valence-corrected chi connectivity index (χ4v) is 1.27. The SMILES string of the molecule is CN1C(=O)C([N+](=O)[O-])C(=NC(C)(C)C)N=C1N. The van der Waals surface area contributed by atoms with Gasteiger partial charge in [0, 0.05) is 12.0 Å². The zero-order valence-electron chi connectivity index (χ0n) is 10.2. The van der Waals surface area contributed by atoms with E-state index < -0.39 is 22.4 Å². The highest BCUT2D eigenvalue weighted by Crippen LogP contribution is 2.14. The van der Waals surface area contributed by atoms with Crippen LogP contribution in [0.4, 0.5) is 0 Å². The first kappa shape index (κ1) is 13.1. The van der Waals surface area contributed by atoms with Crippen molar-refractivity contribution in [3.05, 3.63) is 10.1 Å². The molecule has 1 amide bonds. The molecule has 0 aromatic carbocycles. The number of nitrogens with zero attached hydrogens (tertiary/aromatic N) is 4. The Morgan fingerprint density at radius 1 is 1.53 bits per heavy atom. The summed E-state index contributed by atoms with van der Waals surface area (Å²) in [5.41, 5.74) is 4.93. The van der Waals surface area contributed by atoms with Gasteiger partial charge in [0.25, 0.3) is 0 Å². The second-order valence-electron chi connectivity index (χ2n) is 4.70. The van der Waals surface area contributed by atoms with Gasteiger partial charge in [0.05, 0.1) is 5.54 Å². The minimum absolute atomic E-state index is 0.0869. The minimum atomic E-state index is -1.58. The third-order valence-electron chi connectivity index (χ3n) is 2.04. The smallest absolute Gasteiger partial charge is 0.348 e. The lowest BCUT2D eigenvalue weighted by Gasteiger charge is -2.24. The van der Waals surface area contributed by atoms with Gasteiger partial charge >= 0.3 is 11.9 Å². The number of aliphatic imine (C=N–C) groups is 2. The third kappa shape index (κ3) is 2.77. The van der Waals surface area contributed by atoms with Gasteiger partial charge in [-0.15, -0.1) is 0 Å². The van der Waals surface area contributed by atoms with Crippen LogP contribution in [-0.4, -0.2) is 46.2 Å². The summed E-state index contributed by atoms with van der Waals surface area (Å²) >= 11 is 0. The third-order valence-corrected chi connectivity index (χ3v) is 2.04. The molecule has 17 heavy (non-hydrogen) atoms. The lowest BCUT2D eigenvalue weighted by Crippen LogP contribution is -2.54. The average Bonchev–Trinajstić information content (AvgIpc) is 2.11. The van der Waals surface area contributed by atoms with Gasteiger partial charge in [-0.1, -0.05) is 0 Å². The summed E-state index contributed by atoms with van der Waals surface area (Å²) in [4.78, 5) is 30.7.